The van der Waals surface area contributed by atoms with Crippen molar-refractivity contribution in [1.82, 2.24) is 15.2 Å². The number of hydrogen-bond donors (Lipinski definition) is 2. The number of nitrogen functional groups attached to an aromatic ring is 1. The summed E-state index contributed by atoms with van der Waals surface area (Å²) in [6.45, 7) is 0.348. The standard InChI is InChI=1S/C11H14N4O3S/c1-14-5-9(17)15(6-8(14)16)4-7-2-3-19-10(7)11(18)13-12/h2-3H,4-6,12H2,1H3,(H,13,18). The quantitative estimate of drug-likeness (QED) is 0.429. The third-order valence-electron chi connectivity index (χ3n) is 2.92. The van der Waals surface area contributed by atoms with Gasteiger partial charge in [-0.25, -0.2) is 5.84 Å². The summed E-state index contributed by atoms with van der Waals surface area (Å²) >= 11 is 1.25. The summed E-state index contributed by atoms with van der Waals surface area (Å²) in [4.78, 5) is 38.2. The molecular weight excluding hydrogens is 268 g/mol. The Morgan fingerprint density at radius 1 is 1.42 bits per heavy atom. The Bertz CT molecular complexity index is 528. The zero-order valence-corrected chi connectivity index (χ0v) is 11.2. The lowest BCUT2D eigenvalue weighted by Gasteiger charge is -2.31. The van der Waals surface area contributed by atoms with E-state index in [-0.39, 0.29) is 31.4 Å². The van der Waals surface area contributed by atoms with Crippen LogP contribution in [0.25, 0.3) is 0 Å². The fourth-order valence-corrected chi connectivity index (χ4v) is 2.66. The fourth-order valence-electron chi connectivity index (χ4n) is 1.84. The second-order valence-corrected chi connectivity index (χ2v) is 5.16. The van der Waals surface area contributed by atoms with Crippen LogP contribution >= 0.6 is 11.3 Å². The van der Waals surface area contributed by atoms with E-state index in [1.165, 1.54) is 21.1 Å². The Morgan fingerprint density at radius 3 is 2.84 bits per heavy atom. The van der Waals surface area contributed by atoms with Gasteiger partial charge in [-0.3, -0.25) is 19.8 Å². The number of carbonyl (C=O) groups excluding carboxylic acids is 3. The molecule has 1 aliphatic rings. The van der Waals surface area contributed by atoms with Crippen LogP contribution in [0.4, 0.5) is 0 Å². The van der Waals surface area contributed by atoms with E-state index in [2.05, 4.69) is 5.43 Å². The monoisotopic (exact) mass is 282 g/mol. The van der Waals surface area contributed by atoms with Gasteiger partial charge in [0.05, 0.1) is 11.4 Å². The maximum absolute atomic E-state index is 11.8. The van der Waals surface area contributed by atoms with Crippen molar-refractivity contribution in [2.24, 2.45) is 5.84 Å². The van der Waals surface area contributed by atoms with Gasteiger partial charge in [-0.2, -0.15) is 0 Å². The van der Waals surface area contributed by atoms with Crippen molar-refractivity contribution in [2.45, 2.75) is 6.54 Å². The lowest BCUT2D eigenvalue weighted by atomic mass is 10.2. The predicted molar refractivity (Wildman–Crippen MR) is 69.0 cm³/mol. The molecule has 1 saturated heterocycles. The van der Waals surface area contributed by atoms with Crippen LogP contribution in [-0.4, -0.2) is 47.7 Å². The van der Waals surface area contributed by atoms with Crippen molar-refractivity contribution in [3.05, 3.63) is 21.9 Å². The molecule has 2 heterocycles. The third-order valence-corrected chi connectivity index (χ3v) is 3.88. The van der Waals surface area contributed by atoms with Gasteiger partial charge in [-0.1, -0.05) is 0 Å². The van der Waals surface area contributed by atoms with Gasteiger partial charge in [0.15, 0.2) is 0 Å². The molecule has 2 rings (SSSR count). The number of nitrogens with one attached hydrogen (secondary N) is 1. The first-order chi connectivity index (χ1) is 9.02. The zero-order valence-electron chi connectivity index (χ0n) is 10.4. The largest absolute Gasteiger partial charge is 0.335 e. The van der Waals surface area contributed by atoms with Crippen molar-refractivity contribution in [3.8, 4) is 0 Å². The molecule has 3 N–H and O–H groups in total. The van der Waals surface area contributed by atoms with Crippen molar-refractivity contribution in [2.75, 3.05) is 20.1 Å². The van der Waals surface area contributed by atoms with E-state index in [4.69, 9.17) is 5.84 Å². The average Bonchev–Trinajstić information content (AvgIpc) is 2.83. The lowest BCUT2D eigenvalue weighted by Crippen LogP contribution is -2.51. The van der Waals surface area contributed by atoms with Crippen LogP contribution in [0.5, 0.6) is 0 Å². The second kappa shape index (κ2) is 5.37. The van der Waals surface area contributed by atoms with E-state index in [0.29, 0.717) is 10.4 Å². The van der Waals surface area contributed by atoms with Gasteiger partial charge in [0, 0.05) is 13.6 Å². The number of thiophene rings is 1. The number of piperazine rings is 1. The van der Waals surface area contributed by atoms with Gasteiger partial charge in [0.1, 0.15) is 6.54 Å². The highest BCUT2D eigenvalue weighted by Gasteiger charge is 2.28. The minimum atomic E-state index is -0.391. The van der Waals surface area contributed by atoms with E-state index >= 15 is 0 Å². The second-order valence-electron chi connectivity index (χ2n) is 4.25. The van der Waals surface area contributed by atoms with E-state index in [0.717, 1.165) is 0 Å². The van der Waals surface area contributed by atoms with E-state index in [9.17, 15) is 14.4 Å². The molecule has 3 amide bonds. The highest BCUT2D eigenvalue weighted by Crippen LogP contribution is 2.19. The lowest BCUT2D eigenvalue weighted by molar-refractivity contribution is -0.149. The molecule has 0 unspecified atom stereocenters. The molecule has 0 aliphatic carbocycles. The summed E-state index contributed by atoms with van der Waals surface area (Å²) in [7, 11) is 1.59. The number of hydrazine groups is 1. The van der Waals surface area contributed by atoms with Gasteiger partial charge < -0.3 is 9.80 Å². The molecule has 7 nitrogen and oxygen atoms in total. The maximum Gasteiger partial charge on any atom is 0.275 e. The number of rotatable bonds is 3. The fraction of sp³-hybridized carbons (Fsp3) is 0.364. The van der Waals surface area contributed by atoms with Crippen LogP contribution in [0, 0.1) is 0 Å². The van der Waals surface area contributed by atoms with Gasteiger partial charge >= 0.3 is 0 Å². The van der Waals surface area contributed by atoms with Crippen LogP contribution in [-0.2, 0) is 16.1 Å². The average molecular weight is 282 g/mol. The predicted octanol–water partition coefficient (Wildman–Crippen LogP) is -0.848. The Labute approximate surface area is 113 Å². The smallest absolute Gasteiger partial charge is 0.275 e. The van der Waals surface area contributed by atoms with Crippen molar-refractivity contribution < 1.29 is 14.4 Å². The first kappa shape index (κ1) is 13.5. The van der Waals surface area contributed by atoms with Gasteiger partial charge in [0.25, 0.3) is 5.91 Å². The van der Waals surface area contributed by atoms with E-state index < -0.39 is 5.91 Å². The highest BCUT2D eigenvalue weighted by molar-refractivity contribution is 7.12. The third kappa shape index (κ3) is 2.74. The molecule has 102 valence electrons. The molecule has 1 aromatic heterocycles. The molecule has 0 radical (unpaired) electrons. The number of hydrogen-bond acceptors (Lipinski definition) is 5. The summed E-state index contributed by atoms with van der Waals surface area (Å²) in [5, 5.41) is 1.75. The molecule has 0 atom stereocenters. The Balaban J connectivity index is 2.13. The summed E-state index contributed by atoms with van der Waals surface area (Å²) in [5.74, 6) is 4.46. The highest BCUT2D eigenvalue weighted by atomic mass is 32.1. The Morgan fingerprint density at radius 2 is 2.16 bits per heavy atom. The van der Waals surface area contributed by atoms with Crippen LogP contribution in [0.3, 0.4) is 0 Å². The number of likely N-dealkylation sites (N-methyl/N-ethyl adjacent to an activating group) is 1. The normalized spacial score (nSPS) is 15.9. The molecule has 1 fully saturated rings. The molecule has 0 aromatic carbocycles. The minimum Gasteiger partial charge on any atom is -0.335 e. The van der Waals surface area contributed by atoms with Gasteiger partial charge in [-0.05, 0) is 17.0 Å². The summed E-state index contributed by atoms with van der Waals surface area (Å²) in [5.41, 5.74) is 2.76. The van der Waals surface area contributed by atoms with Crippen LogP contribution < -0.4 is 11.3 Å². The molecule has 0 saturated carbocycles. The zero-order chi connectivity index (χ0) is 14.0. The molecule has 0 bridgehead atoms. The molecule has 19 heavy (non-hydrogen) atoms. The maximum atomic E-state index is 11.8. The molecule has 1 aliphatic heterocycles. The van der Waals surface area contributed by atoms with E-state index in [1.807, 2.05) is 0 Å². The summed E-state index contributed by atoms with van der Waals surface area (Å²) < 4.78 is 0. The summed E-state index contributed by atoms with van der Waals surface area (Å²) in [6.07, 6.45) is 0. The van der Waals surface area contributed by atoms with Crippen LogP contribution in [0.2, 0.25) is 0 Å². The first-order valence-corrected chi connectivity index (χ1v) is 6.50. The number of amides is 3. The van der Waals surface area contributed by atoms with Gasteiger partial charge in [-0.15, -0.1) is 11.3 Å². The Hall–Kier alpha value is -1.93. The Kier molecular flexibility index (Phi) is 3.82. The topological polar surface area (TPSA) is 95.7 Å². The van der Waals surface area contributed by atoms with Crippen molar-refractivity contribution in [3.63, 3.8) is 0 Å². The van der Waals surface area contributed by atoms with Crippen molar-refractivity contribution >= 4 is 29.1 Å². The van der Waals surface area contributed by atoms with Crippen molar-refractivity contribution in [1.29, 1.82) is 0 Å². The molecular formula is C11H14N4O3S. The van der Waals surface area contributed by atoms with Crippen LogP contribution in [0.1, 0.15) is 15.2 Å². The minimum absolute atomic E-state index is 0.0366. The number of nitrogens with zero attached hydrogens (tertiary/aromatic N) is 2. The van der Waals surface area contributed by atoms with Crippen LogP contribution in [0.15, 0.2) is 11.4 Å². The van der Waals surface area contributed by atoms with E-state index in [1.54, 1.807) is 18.5 Å². The first-order valence-electron chi connectivity index (χ1n) is 5.62. The summed E-state index contributed by atoms with van der Waals surface area (Å²) in [6, 6.07) is 1.76. The molecule has 8 heteroatoms. The molecule has 0 spiro atoms. The molecule has 1 aromatic rings. The number of nitrogens with two attached hydrogens (primary N) is 1. The SMILES string of the molecule is CN1CC(=O)N(Cc2ccsc2C(=O)NN)CC1=O. The van der Waals surface area contributed by atoms with Gasteiger partial charge in [0.2, 0.25) is 11.8 Å². The number of carbonyl (C=O) groups is 3.